The molecular formula is C26H34N6O2S. The number of rotatable bonds is 7. The zero-order chi connectivity index (χ0) is 25.0. The number of benzene rings is 1. The molecule has 4 rings (SSSR count). The van der Waals surface area contributed by atoms with Gasteiger partial charge in [-0.3, -0.25) is 9.59 Å². The number of tetrazole rings is 1. The van der Waals surface area contributed by atoms with Crippen molar-refractivity contribution in [3.63, 3.8) is 0 Å². The van der Waals surface area contributed by atoms with Crippen LogP contribution in [0.5, 0.6) is 0 Å². The van der Waals surface area contributed by atoms with Crippen molar-refractivity contribution in [3.8, 4) is 10.7 Å². The molecule has 1 saturated carbocycles. The summed E-state index contributed by atoms with van der Waals surface area (Å²) in [5.74, 6) is 0.144. The molecule has 2 aromatic heterocycles. The second-order valence-electron chi connectivity index (χ2n) is 10.3. The minimum Gasteiger partial charge on any atom is -0.349 e. The van der Waals surface area contributed by atoms with Crippen molar-refractivity contribution >= 4 is 23.2 Å². The molecule has 1 aliphatic carbocycles. The average molecular weight is 495 g/mol. The Labute approximate surface area is 210 Å². The van der Waals surface area contributed by atoms with Crippen LogP contribution in [0.4, 0.5) is 0 Å². The fourth-order valence-electron chi connectivity index (χ4n) is 4.56. The summed E-state index contributed by atoms with van der Waals surface area (Å²) in [6.45, 7) is 7.81. The number of thiophene rings is 1. The van der Waals surface area contributed by atoms with E-state index in [0.717, 1.165) is 48.1 Å². The Balaban J connectivity index is 1.68. The molecule has 186 valence electrons. The first-order valence-electron chi connectivity index (χ1n) is 12.2. The normalized spacial score (nSPS) is 15.5. The quantitative estimate of drug-likeness (QED) is 0.521. The molecule has 2 heterocycles. The molecular weight excluding hydrogens is 460 g/mol. The second-order valence-corrected chi connectivity index (χ2v) is 11.2. The molecule has 8 nitrogen and oxygen atoms in total. The maximum atomic E-state index is 13.9. The molecule has 35 heavy (non-hydrogen) atoms. The fraction of sp³-hybridized carbons (Fsp3) is 0.500. The molecule has 0 bridgehead atoms. The summed E-state index contributed by atoms with van der Waals surface area (Å²) in [6, 6.07) is 11.0. The number of aryl methyl sites for hydroxylation is 1. The predicted octanol–water partition coefficient (Wildman–Crippen LogP) is 4.53. The number of nitrogens with one attached hydrogen (secondary N) is 1. The molecule has 0 saturated heterocycles. The maximum Gasteiger partial charge on any atom is 0.247 e. The minimum atomic E-state index is -0.731. The van der Waals surface area contributed by atoms with Gasteiger partial charge in [-0.25, -0.2) is 0 Å². The van der Waals surface area contributed by atoms with Crippen LogP contribution in [-0.4, -0.2) is 48.5 Å². The molecule has 2 amide bonds. The number of hydrogen-bond acceptors (Lipinski definition) is 6. The fourth-order valence-corrected chi connectivity index (χ4v) is 5.21. The number of nitrogens with zero attached hydrogens (tertiary/aromatic N) is 5. The largest absolute Gasteiger partial charge is 0.349 e. The molecule has 3 aromatic rings. The predicted molar refractivity (Wildman–Crippen MR) is 137 cm³/mol. The van der Waals surface area contributed by atoms with Gasteiger partial charge >= 0.3 is 0 Å². The molecule has 9 heteroatoms. The van der Waals surface area contributed by atoms with Gasteiger partial charge in [-0.2, -0.15) is 4.80 Å². The summed E-state index contributed by atoms with van der Waals surface area (Å²) >= 11 is 1.52. The highest BCUT2D eigenvalue weighted by Crippen LogP contribution is 2.32. The molecule has 0 radical (unpaired) electrons. The van der Waals surface area contributed by atoms with Crippen LogP contribution in [0.3, 0.4) is 0 Å². The highest BCUT2D eigenvalue weighted by Gasteiger charge is 2.38. The van der Waals surface area contributed by atoms with E-state index in [0.29, 0.717) is 5.82 Å². The summed E-state index contributed by atoms with van der Waals surface area (Å²) in [7, 11) is 0. The zero-order valence-electron chi connectivity index (χ0n) is 20.9. The van der Waals surface area contributed by atoms with Crippen LogP contribution in [0.25, 0.3) is 10.7 Å². The standard InChI is InChI=1S/C26H34N6O2S/c1-18-12-14-19(15-13-18)23(25(34)27-26(2,3)4)32(20-9-6-5-7-10-20)22(33)17-31-29-24(28-30-31)21-11-8-16-35-21/h8,11-16,20,23H,5-7,9-10,17H2,1-4H3,(H,27,34)/t23-/m0/s1. The summed E-state index contributed by atoms with van der Waals surface area (Å²) < 4.78 is 0. The molecule has 1 fully saturated rings. The maximum absolute atomic E-state index is 13.9. The average Bonchev–Trinajstić information content (AvgIpc) is 3.49. The van der Waals surface area contributed by atoms with Crippen molar-refractivity contribution in [1.29, 1.82) is 0 Å². The van der Waals surface area contributed by atoms with Crippen molar-refractivity contribution in [2.24, 2.45) is 0 Å². The van der Waals surface area contributed by atoms with Gasteiger partial charge < -0.3 is 10.2 Å². The zero-order valence-corrected chi connectivity index (χ0v) is 21.7. The summed E-state index contributed by atoms with van der Waals surface area (Å²) in [4.78, 5) is 31.6. The van der Waals surface area contributed by atoms with Gasteiger partial charge in [0, 0.05) is 11.6 Å². The van der Waals surface area contributed by atoms with Gasteiger partial charge in [-0.05, 0) is 62.8 Å². The van der Waals surface area contributed by atoms with Gasteiger partial charge in [0.05, 0.1) is 4.88 Å². The molecule has 1 atom stereocenters. The number of amides is 2. The van der Waals surface area contributed by atoms with Crippen molar-refractivity contribution < 1.29 is 9.59 Å². The van der Waals surface area contributed by atoms with E-state index in [1.807, 2.05) is 69.5 Å². The monoisotopic (exact) mass is 494 g/mol. The number of carbonyl (C=O) groups is 2. The van der Waals surface area contributed by atoms with Crippen LogP contribution >= 0.6 is 11.3 Å². The molecule has 1 aliphatic rings. The molecule has 0 aliphatic heterocycles. The first-order valence-corrected chi connectivity index (χ1v) is 13.1. The Bertz CT molecular complexity index is 1130. The van der Waals surface area contributed by atoms with E-state index in [9.17, 15) is 9.59 Å². The van der Waals surface area contributed by atoms with Gasteiger partial charge in [-0.1, -0.05) is 55.2 Å². The smallest absolute Gasteiger partial charge is 0.247 e. The van der Waals surface area contributed by atoms with Gasteiger partial charge in [0.1, 0.15) is 12.6 Å². The summed E-state index contributed by atoms with van der Waals surface area (Å²) in [5, 5.41) is 17.7. The van der Waals surface area contributed by atoms with Crippen molar-refractivity contribution in [1.82, 2.24) is 30.4 Å². The lowest BCUT2D eigenvalue weighted by atomic mass is 9.91. The first kappa shape index (κ1) is 25.0. The SMILES string of the molecule is Cc1ccc([C@@H](C(=O)NC(C)(C)C)N(C(=O)Cn2nnc(-c3cccs3)n2)C2CCCCC2)cc1. The number of aromatic nitrogens is 4. The molecule has 0 unspecified atom stereocenters. The lowest BCUT2D eigenvalue weighted by molar-refractivity contribution is -0.146. The Morgan fingerprint density at radius 3 is 2.49 bits per heavy atom. The second kappa shape index (κ2) is 10.7. The van der Waals surface area contributed by atoms with E-state index in [1.54, 1.807) is 4.90 Å². The van der Waals surface area contributed by atoms with Crippen LogP contribution in [0.15, 0.2) is 41.8 Å². The van der Waals surface area contributed by atoms with Crippen molar-refractivity contribution in [3.05, 3.63) is 52.9 Å². The number of hydrogen-bond donors (Lipinski definition) is 1. The van der Waals surface area contributed by atoms with Crippen LogP contribution in [0, 0.1) is 6.92 Å². The van der Waals surface area contributed by atoms with E-state index < -0.39 is 11.6 Å². The Morgan fingerprint density at radius 1 is 1.14 bits per heavy atom. The van der Waals surface area contributed by atoms with Crippen LogP contribution in [0.1, 0.15) is 70.0 Å². The summed E-state index contributed by atoms with van der Waals surface area (Å²) in [5.41, 5.74) is 1.49. The van der Waals surface area contributed by atoms with Crippen LogP contribution in [0.2, 0.25) is 0 Å². The summed E-state index contributed by atoms with van der Waals surface area (Å²) in [6.07, 6.45) is 4.99. The third kappa shape index (κ3) is 6.33. The lowest BCUT2D eigenvalue weighted by Gasteiger charge is -2.40. The Kier molecular flexibility index (Phi) is 7.64. The Hall–Kier alpha value is -3.07. The van der Waals surface area contributed by atoms with Gasteiger partial charge in [0.15, 0.2) is 0 Å². The molecule has 1 N–H and O–H groups in total. The highest BCUT2D eigenvalue weighted by molar-refractivity contribution is 7.13. The van der Waals surface area contributed by atoms with E-state index >= 15 is 0 Å². The van der Waals surface area contributed by atoms with E-state index in [4.69, 9.17) is 0 Å². The highest BCUT2D eigenvalue weighted by atomic mass is 32.1. The Morgan fingerprint density at radius 2 is 1.86 bits per heavy atom. The lowest BCUT2D eigenvalue weighted by Crippen LogP contribution is -2.53. The van der Waals surface area contributed by atoms with E-state index in [-0.39, 0.29) is 24.4 Å². The van der Waals surface area contributed by atoms with Gasteiger partial charge in [-0.15, -0.1) is 21.5 Å². The van der Waals surface area contributed by atoms with Crippen molar-refractivity contribution in [2.75, 3.05) is 0 Å². The third-order valence-corrected chi connectivity index (χ3v) is 7.01. The van der Waals surface area contributed by atoms with E-state index in [2.05, 4.69) is 20.7 Å². The van der Waals surface area contributed by atoms with E-state index in [1.165, 1.54) is 16.1 Å². The van der Waals surface area contributed by atoms with Crippen molar-refractivity contribution in [2.45, 2.75) is 84.0 Å². The molecule has 1 aromatic carbocycles. The van der Waals surface area contributed by atoms with Crippen LogP contribution < -0.4 is 5.32 Å². The van der Waals surface area contributed by atoms with Crippen LogP contribution in [-0.2, 0) is 16.1 Å². The van der Waals surface area contributed by atoms with Gasteiger partial charge in [0.2, 0.25) is 17.6 Å². The number of carbonyl (C=O) groups excluding carboxylic acids is 2. The third-order valence-electron chi connectivity index (χ3n) is 6.14. The topological polar surface area (TPSA) is 93.0 Å². The van der Waals surface area contributed by atoms with Gasteiger partial charge in [0.25, 0.3) is 0 Å². The minimum absolute atomic E-state index is 0.0199. The molecule has 0 spiro atoms. The first-order chi connectivity index (χ1) is 16.7.